The molecule has 0 fully saturated rings. The van der Waals surface area contributed by atoms with Crippen LogP contribution in [-0.2, 0) is 16.6 Å². The maximum atomic E-state index is 11.3. The molecule has 0 aromatic heterocycles. The molecule has 0 amide bonds. The van der Waals surface area contributed by atoms with Crippen LogP contribution in [0.5, 0.6) is 5.75 Å². The Balaban J connectivity index is 2.36. The Hall–Kier alpha value is -1.80. The molecule has 136 valence electrons. The molecule has 0 radical (unpaired) electrons. The van der Waals surface area contributed by atoms with Crippen molar-refractivity contribution in [2.24, 2.45) is 4.99 Å². The minimum absolute atomic E-state index is 0.100. The molecule has 3 N–H and O–H groups in total. The maximum Gasteiger partial charge on any atom is 0.211 e. The highest BCUT2D eigenvalue weighted by Crippen LogP contribution is 2.17. The number of rotatable bonds is 10. The Labute approximate surface area is 145 Å². The molecule has 1 rings (SSSR count). The van der Waals surface area contributed by atoms with Crippen molar-refractivity contribution in [3.8, 4) is 5.75 Å². The van der Waals surface area contributed by atoms with Crippen LogP contribution >= 0.6 is 0 Å². The predicted octanol–water partition coefficient (Wildman–Crippen LogP) is 1.08. The van der Waals surface area contributed by atoms with E-state index in [4.69, 9.17) is 4.74 Å². The summed E-state index contributed by atoms with van der Waals surface area (Å²) in [7, 11) is -1.42. The number of aliphatic imine (C=N–C) groups is 1. The molecule has 0 saturated carbocycles. The van der Waals surface area contributed by atoms with Crippen molar-refractivity contribution in [2.75, 3.05) is 32.5 Å². The Morgan fingerprint density at radius 3 is 2.58 bits per heavy atom. The van der Waals surface area contributed by atoms with E-state index in [1.165, 1.54) is 0 Å². The van der Waals surface area contributed by atoms with Gasteiger partial charge >= 0.3 is 0 Å². The van der Waals surface area contributed by atoms with E-state index in [2.05, 4.69) is 20.3 Å². The van der Waals surface area contributed by atoms with Gasteiger partial charge in [0.1, 0.15) is 5.75 Å². The van der Waals surface area contributed by atoms with E-state index in [0.29, 0.717) is 38.6 Å². The van der Waals surface area contributed by atoms with Gasteiger partial charge in [0.15, 0.2) is 5.96 Å². The Bertz CT molecular complexity index is 618. The van der Waals surface area contributed by atoms with Crippen LogP contribution in [-0.4, -0.2) is 46.9 Å². The molecule has 8 heteroatoms. The zero-order valence-electron chi connectivity index (χ0n) is 14.6. The molecule has 0 unspecified atom stereocenters. The predicted molar refractivity (Wildman–Crippen MR) is 97.9 cm³/mol. The molecule has 7 nitrogen and oxygen atoms in total. The number of sulfonamides is 1. The monoisotopic (exact) mass is 356 g/mol. The molecule has 0 heterocycles. The van der Waals surface area contributed by atoms with Gasteiger partial charge in [-0.1, -0.05) is 18.2 Å². The van der Waals surface area contributed by atoms with Crippen molar-refractivity contribution >= 4 is 16.0 Å². The van der Waals surface area contributed by atoms with Gasteiger partial charge in [-0.25, -0.2) is 13.1 Å². The number of para-hydroxylation sites is 1. The highest BCUT2D eigenvalue weighted by molar-refractivity contribution is 7.89. The summed E-state index contributed by atoms with van der Waals surface area (Å²) in [5, 5.41) is 6.38. The van der Waals surface area contributed by atoms with Gasteiger partial charge < -0.3 is 15.4 Å². The van der Waals surface area contributed by atoms with Gasteiger partial charge in [0.2, 0.25) is 10.0 Å². The van der Waals surface area contributed by atoms with Gasteiger partial charge in [0.25, 0.3) is 0 Å². The quantitative estimate of drug-likeness (QED) is 0.331. The second-order valence-electron chi connectivity index (χ2n) is 5.04. The van der Waals surface area contributed by atoms with Crippen LogP contribution in [0.2, 0.25) is 0 Å². The lowest BCUT2D eigenvalue weighted by atomic mass is 10.2. The third-order valence-electron chi connectivity index (χ3n) is 3.29. The molecule has 0 saturated heterocycles. The fraction of sp³-hybridized carbons (Fsp3) is 0.562. The average Bonchev–Trinajstić information content (AvgIpc) is 2.58. The number of guanidine groups is 1. The van der Waals surface area contributed by atoms with Gasteiger partial charge in [-0.05, 0) is 26.3 Å². The number of hydrogen-bond acceptors (Lipinski definition) is 4. The van der Waals surface area contributed by atoms with Crippen LogP contribution < -0.4 is 20.1 Å². The summed E-state index contributed by atoms with van der Waals surface area (Å²) in [6.07, 6.45) is 0.676. The SMILES string of the molecule is CCOc1ccccc1CNC(=NC)NCCCNS(=O)(=O)CC. The standard InChI is InChI=1S/C16H28N4O3S/c1-4-23-15-10-7-6-9-14(15)13-19-16(17-3)18-11-8-12-20-24(21,22)5-2/h6-7,9-10,20H,4-5,8,11-13H2,1-3H3,(H2,17,18,19). The molecule has 0 bridgehead atoms. The average molecular weight is 356 g/mol. The second-order valence-corrected chi connectivity index (χ2v) is 7.14. The third-order valence-corrected chi connectivity index (χ3v) is 4.69. The van der Waals surface area contributed by atoms with Gasteiger partial charge in [0, 0.05) is 32.2 Å². The molecule has 1 aromatic carbocycles. The molecule has 0 spiro atoms. The van der Waals surface area contributed by atoms with E-state index in [1.54, 1.807) is 14.0 Å². The minimum atomic E-state index is -3.12. The second kappa shape index (κ2) is 10.9. The van der Waals surface area contributed by atoms with Crippen LogP contribution in [0, 0.1) is 0 Å². The number of hydrogen-bond donors (Lipinski definition) is 3. The molecular formula is C16H28N4O3S. The highest BCUT2D eigenvalue weighted by atomic mass is 32.2. The Kier molecular flexibility index (Phi) is 9.18. The maximum absolute atomic E-state index is 11.3. The van der Waals surface area contributed by atoms with Crippen LogP contribution in [0.4, 0.5) is 0 Å². The molecule has 1 aromatic rings. The van der Waals surface area contributed by atoms with Crippen LogP contribution in [0.25, 0.3) is 0 Å². The first-order valence-corrected chi connectivity index (χ1v) is 9.80. The van der Waals surface area contributed by atoms with Crippen LogP contribution in [0.3, 0.4) is 0 Å². The lowest BCUT2D eigenvalue weighted by molar-refractivity contribution is 0.336. The number of ether oxygens (including phenoxy) is 1. The number of nitrogens with one attached hydrogen (secondary N) is 3. The topological polar surface area (TPSA) is 91.8 Å². The number of benzene rings is 1. The largest absolute Gasteiger partial charge is 0.494 e. The van der Waals surface area contributed by atoms with E-state index in [9.17, 15) is 8.42 Å². The highest BCUT2D eigenvalue weighted by Gasteiger charge is 2.06. The fourth-order valence-electron chi connectivity index (χ4n) is 1.97. The Morgan fingerprint density at radius 2 is 1.92 bits per heavy atom. The van der Waals surface area contributed by atoms with Gasteiger partial charge in [-0.2, -0.15) is 0 Å². The van der Waals surface area contributed by atoms with Crippen molar-refractivity contribution in [2.45, 2.75) is 26.8 Å². The van der Waals surface area contributed by atoms with E-state index in [-0.39, 0.29) is 5.75 Å². The molecule has 0 aliphatic rings. The molecule has 0 aliphatic heterocycles. The van der Waals surface area contributed by atoms with Gasteiger partial charge in [-0.3, -0.25) is 4.99 Å². The zero-order chi connectivity index (χ0) is 17.8. The van der Waals surface area contributed by atoms with Gasteiger partial charge in [-0.15, -0.1) is 0 Å². The summed E-state index contributed by atoms with van der Waals surface area (Å²) in [4.78, 5) is 4.16. The first-order chi connectivity index (χ1) is 11.5. The molecular weight excluding hydrogens is 328 g/mol. The fourth-order valence-corrected chi connectivity index (χ4v) is 2.63. The Morgan fingerprint density at radius 1 is 1.17 bits per heavy atom. The van der Waals surface area contributed by atoms with Crippen molar-refractivity contribution in [1.82, 2.24) is 15.4 Å². The van der Waals surface area contributed by atoms with E-state index >= 15 is 0 Å². The smallest absolute Gasteiger partial charge is 0.211 e. The summed E-state index contributed by atoms with van der Waals surface area (Å²) in [5.41, 5.74) is 1.05. The van der Waals surface area contributed by atoms with Gasteiger partial charge in [0.05, 0.1) is 12.4 Å². The summed E-state index contributed by atoms with van der Waals surface area (Å²) in [6.45, 7) is 5.83. The van der Waals surface area contributed by atoms with Crippen molar-refractivity contribution in [3.05, 3.63) is 29.8 Å². The first-order valence-electron chi connectivity index (χ1n) is 8.15. The molecule has 0 aliphatic carbocycles. The van der Waals surface area contributed by atoms with Crippen molar-refractivity contribution in [3.63, 3.8) is 0 Å². The summed E-state index contributed by atoms with van der Waals surface area (Å²) in [6, 6.07) is 7.86. The molecule has 0 atom stereocenters. The van der Waals surface area contributed by atoms with Crippen LogP contribution in [0.1, 0.15) is 25.8 Å². The summed E-state index contributed by atoms with van der Waals surface area (Å²) in [5.74, 6) is 1.62. The number of nitrogens with zero attached hydrogens (tertiary/aromatic N) is 1. The third kappa shape index (κ3) is 7.65. The van der Waals surface area contributed by atoms with Crippen molar-refractivity contribution in [1.29, 1.82) is 0 Å². The first kappa shape index (κ1) is 20.2. The normalized spacial score (nSPS) is 12.0. The van der Waals surface area contributed by atoms with E-state index in [1.807, 2.05) is 31.2 Å². The summed E-state index contributed by atoms with van der Waals surface area (Å²) >= 11 is 0. The summed E-state index contributed by atoms with van der Waals surface area (Å²) < 4.78 is 30.8. The van der Waals surface area contributed by atoms with Crippen molar-refractivity contribution < 1.29 is 13.2 Å². The lowest BCUT2D eigenvalue weighted by Crippen LogP contribution is -2.38. The minimum Gasteiger partial charge on any atom is -0.494 e. The van der Waals surface area contributed by atoms with E-state index in [0.717, 1.165) is 11.3 Å². The van der Waals surface area contributed by atoms with Crippen LogP contribution in [0.15, 0.2) is 29.3 Å². The molecule has 24 heavy (non-hydrogen) atoms. The van der Waals surface area contributed by atoms with E-state index < -0.39 is 10.0 Å². The zero-order valence-corrected chi connectivity index (χ0v) is 15.4. The lowest BCUT2D eigenvalue weighted by Gasteiger charge is -2.14.